The van der Waals surface area contributed by atoms with Gasteiger partial charge in [-0.25, -0.2) is 8.78 Å². The quantitative estimate of drug-likeness (QED) is 0.727. The summed E-state index contributed by atoms with van der Waals surface area (Å²) in [7, 11) is 0. The minimum Gasteiger partial charge on any atom is -0.339 e. The molecule has 0 saturated carbocycles. The summed E-state index contributed by atoms with van der Waals surface area (Å²) in [5, 5.41) is 4.01. The minimum absolute atomic E-state index is 0.0922. The number of rotatable bonds is 4. The molecule has 128 valence electrons. The normalized spacial score (nSPS) is 17.9. The number of hydrogen-bond acceptors (Lipinski definition) is 5. The van der Waals surface area contributed by atoms with Crippen molar-refractivity contribution >= 4 is 0 Å². The third kappa shape index (κ3) is 3.28. The van der Waals surface area contributed by atoms with E-state index in [1.807, 2.05) is 12.1 Å². The molecule has 25 heavy (non-hydrogen) atoms. The minimum atomic E-state index is -0.814. The molecule has 1 saturated heterocycles. The Labute approximate surface area is 143 Å². The molecule has 1 unspecified atom stereocenters. The van der Waals surface area contributed by atoms with Crippen molar-refractivity contribution in [1.82, 2.24) is 20.0 Å². The molecule has 2 aromatic heterocycles. The Bertz CT molecular complexity index is 869. The lowest BCUT2D eigenvalue weighted by atomic mass is 10.1. The van der Waals surface area contributed by atoms with E-state index in [1.165, 1.54) is 6.07 Å². The van der Waals surface area contributed by atoms with Gasteiger partial charge in [0.05, 0.1) is 5.92 Å². The van der Waals surface area contributed by atoms with Crippen molar-refractivity contribution in [3.63, 3.8) is 0 Å². The second-order valence-electron chi connectivity index (χ2n) is 6.13. The first-order valence-corrected chi connectivity index (χ1v) is 8.10. The van der Waals surface area contributed by atoms with Crippen molar-refractivity contribution in [1.29, 1.82) is 0 Å². The van der Waals surface area contributed by atoms with Gasteiger partial charge in [-0.3, -0.25) is 9.88 Å². The van der Waals surface area contributed by atoms with Crippen LogP contribution in [0, 0.1) is 11.6 Å². The fraction of sp³-hybridized carbons (Fsp3) is 0.278. The Hall–Kier alpha value is -2.67. The highest BCUT2D eigenvalue weighted by molar-refractivity contribution is 5.51. The van der Waals surface area contributed by atoms with E-state index in [1.54, 1.807) is 18.5 Å². The highest BCUT2D eigenvalue weighted by Crippen LogP contribution is 2.29. The molecule has 1 aliphatic heterocycles. The van der Waals surface area contributed by atoms with Crippen LogP contribution in [-0.2, 0) is 6.54 Å². The van der Waals surface area contributed by atoms with Gasteiger partial charge in [-0.2, -0.15) is 4.98 Å². The van der Waals surface area contributed by atoms with E-state index in [-0.39, 0.29) is 5.92 Å². The van der Waals surface area contributed by atoms with E-state index < -0.39 is 11.6 Å². The smallest absolute Gasteiger partial charge is 0.231 e. The average molecular weight is 342 g/mol. The average Bonchev–Trinajstić information content (AvgIpc) is 3.29. The van der Waals surface area contributed by atoms with E-state index in [0.29, 0.717) is 30.4 Å². The molecule has 0 radical (unpaired) electrons. The van der Waals surface area contributed by atoms with E-state index in [0.717, 1.165) is 24.6 Å². The van der Waals surface area contributed by atoms with E-state index in [9.17, 15) is 8.78 Å². The van der Waals surface area contributed by atoms with Crippen LogP contribution >= 0.6 is 0 Å². The van der Waals surface area contributed by atoms with Crippen LogP contribution in [0.1, 0.15) is 23.8 Å². The van der Waals surface area contributed by atoms with E-state index in [2.05, 4.69) is 20.0 Å². The van der Waals surface area contributed by atoms with Gasteiger partial charge in [-0.1, -0.05) is 17.3 Å². The summed E-state index contributed by atoms with van der Waals surface area (Å²) in [6, 6.07) is 7.95. The van der Waals surface area contributed by atoms with Crippen LogP contribution in [0.15, 0.2) is 47.2 Å². The lowest BCUT2D eigenvalue weighted by Gasteiger charge is -2.15. The number of aromatic nitrogens is 3. The Morgan fingerprint density at radius 2 is 2.12 bits per heavy atom. The summed E-state index contributed by atoms with van der Waals surface area (Å²) in [5.41, 5.74) is 1.16. The monoisotopic (exact) mass is 342 g/mol. The van der Waals surface area contributed by atoms with Crippen LogP contribution < -0.4 is 0 Å². The second kappa shape index (κ2) is 6.68. The predicted octanol–water partition coefficient (Wildman–Crippen LogP) is 3.40. The van der Waals surface area contributed by atoms with Gasteiger partial charge in [0.1, 0.15) is 0 Å². The van der Waals surface area contributed by atoms with E-state index in [4.69, 9.17) is 4.52 Å². The third-order valence-electron chi connectivity index (χ3n) is 4.41. The van der Waals surface area contributed by atoms with Crippen molar-refractivity contribution in [2.45, 2.75) is 18.9 Å². The molecule has 0 aliphatic carbocycles. The van der Waals surface area contributed by atoms with Crippen molar-refractivity contribution < 1.29 is 13.3 Å². The molecule has 1 aromatic carbocycles. The zero-order valence-corrected chi connectivity index (χ0v) is 13.4. The van der Waals surface area contributed by atoms with Crippen molar-refractivity contribution in [3.8, 4) is 11.4 Å². The molecule has 1 aliphatic rings. The molecule has 0 N–H and O–H groups in total. The summed E-state index contributed by atoms with van der Waals surface area (Å²) in [6.07, 6.45) is 4.21. The zero-order chi connectivity index (χ0) is 17.2. The Morgan fingerprint density at radius 1 is 1.20 bits per heavy atom. The number of halogens is 2. The van der Waals surface area contributed by atoms with Crippen LogP contribution in [0.25, 0.3) is 11.4 Å². The maximum Gasteiger partial charge on any atom is 0.231 e. The lowest BCUT2D eigenvalue weighted by molar-refractivity contribution is 0.303. The molecule has 1 atom stereocenters. The molecule has 1 fully saturated rings. The number of likely N-dealkylation sites (tertiary alicyclic amines) is 1. The molecule has 7 heteroatoms. The predicted molar refractivity (Wildman–Crippen MR) is 86.5 cm³/mol. The molecule has 4 rings (SSSR count). The van der Waals surface area contributed by atoms with Crippen molar-refractivity contribution in [3.05, 3.63) is 65.8 Å². The summed E-state index contributed by atoms with van der Waals surface area (Å²) in [5.74, 6) is -0.415. The first-order valence-electron chi connectivity index (χ1n) is 8.10. The van der Waals surface area contributed by atoms with Crippen molar-refractivity contribution in [2.24, 2.45) is 0 Å². The molecular formula is C18H16F2N4O. The van der Waals surface area contributed by atoms with Gasteiger partial charge in [-0.05, 0) is 31.2 Å². The SMILES string of the molecule is Fc1cccc(CN2CCC(c3nc(-c4cccnc4)no3)C2)c1F. The van der Waals surface area contributed by atoms with Crippen LogP contribution in [0.2, 0.25) is 0 Å². The molecule has 0 bridgehead atoms. The topological polar surface area (TPSA) is 55.1 Å². The van der Waals surface area contributed by atoms with Crippen LogP contribution in [-0.4, -0.2) is 33.1 Å². The van der Waals surface area contributed by atoms with Crippen LogP contribution in [0.4, 0.5) is 8.78 Å². The first-order chi connectivity index (χ1) is 12.2. The number of hydrogen-bond donors (Lipinski definition) is 0. The van der Waals surface area contributed by atoms with Gasteiger partial charge in [-0.15, -0.1) is 0 Å². The van der Waals surface area contributed by atoms with Gasteiger partial charge in [0.2, 0.25) is 11.7 Å². The number of benzene rings is 1. The Balaban J connectivity index is 1.44. The highest BCUT2D eigenvalue weighted by atomic mass is 19.2. The maximum atomic E-state index is 13.8. The van der Waals surface area contributed by atoms with E-state index >= 15 is 0 Å². The zero-order valence-electron chi connectivity index (χ0n) is 13.4. The summed E-state index contributed by atoms with van der Waals surface area (Å²) in [4.78, 5) is 10.6. The first kappa shape index (κ1) is 15.8. The van der Waals surface area contributed by atoms with Crippen LogP contribution in [0.3, 0.4) is 0 Å². The van der Waals surface area contributed by atoms with Gasteiger partial charge in [0.25, 0.3) is 0 Å². The van der Waals surface area contributed by atoms with Gasteiger partial charge in [0, 0.05) is 36.6 Å². The molecule has 5 nitrogen and oxygen atoms in total. The molecule has 0 amide bonds. The Morgan fingerprint density at radius 3 is 2.96 bits per heavy atom. The summed E-state index contributed by atoms with van der Waals surface area (Å²) >= 11 is 0. The largest absolute Gasteiger partial charge is 0.339 e. The summed E-state index contributed by atoms with van der Waals surface area (Å²) in [6.45, 7) is 1.81. The van der Waals surface area contributed by atoms with Gasteiger partial charge in [0.15, 0.2) is 11.6 Å². The van der Waals surface area contributed by atoms with Crippen LogP contribution in [0.5, 0.6) is 0 Å². The lowest BCUT2D eigenvalue weighted by Crippen LogP contribution is -2.20. The number of pyridine rings is 1. The van der Waals surface area contributed by atoms with Crippen molar-refractivity contribution in [2.75, 3.05) is 13.1 Å². The molecule has 0 spiro atoms. The molecular weight excluding hydrogens is 326 g/mol. The third-order valence-corrected chi connectivity index (χ3v) is 4.41. The molecule has 3 aromatic rings. The summed E-state index contributed by atoms with van der Waals surface area (Å²) < 4.78 is 32.5. The second-order valence-corrected chi connectivity index (χ2v) is 6.13. The standard InChI is InChI=1S/C18H16F2N4O/c19-15-5-1-3-13(16(15)20)10-24-8-6-14(11-24)18-22-17(23-25-18)12-4-2-7-21-9-12/h1-5,7,9,14H,6,8,10-11H2. The Kier molecular flexibility index (Phi) is 4.23. The van der Waals surface area contributed by atoms with Gasteiger partial charge >= 0.3 is 0 Å². The number of nitrogens with zero attached hydrogens (tertiary/aromatic N) is 4. The molecule has 3 heterocycles. The fourth-order valence-electron chi connectivity index (χ4n) is 3.10. The highest BCUT2D eigenvalue weighted by Gasteiger charge is 2.29. The fourth-order valence-corrected chi connectivity index (χ4v) is 3.10. The maximum absolute atomic E-state index is 13.8. The van der Waals surface area contributed by atoms with Gasteiger partial charge < -0.3 is 4.52 Å².